The molecule has 3 aromatic rings. The third-order valence-electron chi connectivity index (χ3n) is 3.85. The monoisotopic (exact) mass is 341 g/mol. The molecule has 0 aliphatic rings. The first kappa shape index (κ1) is 16.3. The zero-order chi connectivity index (χ0) is 16.9. The van der Waals surface area contributed by atoms with Crippen LogP contribution in [0.4, 0.5) is 0 Å². The molecule has 5 heteroatoms. The summed E-state index contributed by atoms with van der Waals surface area (Å²) >= 11 is 1.73. The summed E-state index contributed by atoms with van der Waals surface area (Å²) in [5.41, 5.74) is 1.79. The Balaban J connectivity index is 1.65. The highest BCUT2D eigenvalue weighted by molar-refractivity contribution is 7.17. The Morgan fingerprint density at radius 2 is 1.79 bits per heavy atom. The topological polar surface area (TPSA) is 47.6 Å². The Hall–Kier alpha value is -2.53. The van der Waals surface area contributed by atoms with Crippen molar-refractivity contribution in [2.45, 2.75) is 6.42 Å². The minimum Gasteiger partial charge on any atom is -0.497 e. The fourth-order valence-corrected chi connectivity index (χ4v) is 3.57. The molecule has 4 nitrogen and oxygen atoms in total. The molecule has 0 saturated carbocycles. The standard InChI is InChI=1S/C19H19NO3S/c1-22-15-9-14(10-16(11-15)23-2)19(21)20-8-7-13-12-24-18-6-4-3-5-17(13)18/h3-6,9-12H,7-8H2,1-2H3,(H,20,21). The summed E-state index contributed by atoms with van der Waals surface area (Å²) in [7, 11) is 3.14. The number of rotatable bonds is 6. The Morgan fingerprint density at radius 1 is 1.08 bits per heavy atom. The van der Waals surface area contributed by atoms with Crippen LogP contribution in [0, 0.1) is 0 Å². The lowest BCUT2D eigenvalue weighted by atomic mass is 10.1. The molecule has 0 radical (unpaired) electrons. The zero-order valence-electron chi connectivity index (χ0n) is 13.7. The van der Waals surface area contributed by atoms with E-state index >= 15 is 0 Å². The first-order chi connectivity index (χ1) is 11.7. The van der Waals surface area contributed by atoms with Crippen LogP contribution in [0.15, 0.2) is 47.8 Å². The highest BCUT2D eigenvalue weighted by atomic mass is 32.1. The third kappa shape index (κ3) is 3.51. The predicted octanol–water partition coefficient (Wildman–Crippen LogP) is 3.89. The average Bonchev–Trinajstić information content (AvgIpc) is 3.04. The number of amides is 1. The Labute approximate surface area is 145 Å². The van der Waals surface area contributed by atoms with Crippen LogP contribution in [0.1, 0.15) is 15.9 Å². The van der Waals surface area contributed by atoms with Crippen molar-refractivity contribution in [3.63, 3.8) is 0 Å². The van der Waals surface area contributed by atoms with Crippen LogP contribution in [0.3, 0.4) is 0 Å². The number of methoxy groups -OCH3 is 2. The van der Waals surface area contributed by atoms with Gasteiger partial charge in [-0.15, -0.1) is 11.3 Å². The quantitative estimate of drug-likeness (QED) is 0.740. The smallest absolute Gasteiger partial charge is 0.251 e. The molecule has 0 aliphatic heterocycles. The summed E-state index contributed by atoms with van der Waals surface area (Å²) in [6.07, 6.45) is 0.802. The number of ether oxygens (including phenoxy) is 2. The molecule has 24 heavy (non-hydrogen) atoms. The molecule has 0 fully saturated rings. The predicted molar refractivity (Wildman–Crippen MR) is 97.4 cm³/mol. The average molecular weight is 341 g/mol. The lowest BCUT2D eigenvalue weighted by molar-refractivity contribution is 0.0953. The van der Waals surface area contributed by atoms with Crippen molar-refractivity contribution in [3.8, 4) is 11.5 Å². The van der Waals surface area contributed by atoms with Crippen molar-refractivity contribution in [1.29, 1.82) is 0 Å². The number of fused-ring (bicyclic) bond motifs is 1. The van der Waals surface area contributed by atoms with Gasteiger partial charge < -0.3 is 14.8 Å². The van der Waals surface area contributed by atoms with Crippen LogP contribution >= 0.6 is 11.3 Å². The van der Waals surface area contributed by atoms with E-state index in [4.69, 9.17) is 9.47 Å². The molecule has 1 amide bonds. The minimum atomic E-state index is -0.133. The number of nitrogens with one attached hydrogen (secondary N) is 1. The van der Waals surface area contributed by atoms with E-state index in [1.807, 2.05) is 12.1 Å². The normalized spacial score (nSPS) is 10.6. The summed E-state index contributed by atoms with van der Waals surface area (Å²) in [5.74, 6) is 1.07. The van der Waals surface area contributed by atoms with Crippen molar-refractivity contribution in [2.24, 2.45) is 0 Å². The largest absolute Gasteiger partial charge is 0.497 e. The first-order valence-corrected chi connectivity index (χ1v) is 8.55. The van der Waals surface area contributed by atoms with Gasteiger partial charge in [-0.1, -0.05) is 18.2 Å². The molecule has 0 atom stereocenters. The van der Waals surface area contributed by atoms with Gasteiger partial charge in [0.05, 0.1) is 14.2 Å². The highest BCUT2D eigenvalue weighted by Crippen LogP contribution is 2.26. The van der Waals surface area contributed by atoms with E-state index in [9.17, 15) is 4.79 Å². The van der Waals surface area contributed by atoms with Gasteiger partial charge in [-0.05, 0) is 40.9 Å². The van der Waals surface area contributed by atoms with E-state index in [2.05, 4.69) is 22.8 Å². The van der Waals surface area contributed by atoms with Crippen LogP contribution in [0.25, 0.3) is 10.1 Å². The molecule has 0 unspecified atom stereocenters. The Morgan fingerprint density at radius 3 is 2.50 bits per heavy atom. The molecule has 0 spiro atoms. The molecule has 0 aliphatic carbocycles. The summed E-state index contributed by atoms with van der Waals surface area (Å²) in [6, 6.07) is 13.5. The summed E-state index contributed by atoms with van der Waals surface area (Å²) in [6.45, 7) is 0.582. The molecular weight excluding hydrogens is 322 g/mol. The summed E-state index contributed by atoms with van der Waals surface area (Å²) in [4.78, 5) is 12.4. The van der Waals surface area contributed by atoms with Gasteiger partial charge in [0.2, 0.25) is 0 Å². The third-order valence-corrected chi connectivity index (χ3v) is 4.87. The van der Waals surface area contributed by atoms with Crippen molar-refractivity contribution in [3.05, 3.63) is 59.0 Å². The maximum absolute atomic E-state index is 12.4. The van der Waals surface area contributed by atoms with Crippen LogP contribution in [0.5, 0.6) is 11.5 Å². The molecule has 1 heterocycles. The van der Waals surface area contributed by atoms with Gasteiger partial charge in [-0.25, -0.2) is 0 Å². The SMILES string of the molecule is COc1cc(OC)cc(C(=O)NCCc2csc3ccccc23)c1. The van der Waals surface area contributed by atoms with Crippen molar-refractivity contribution in [1.82, 2.24) is 5.32 Å². The number of carbonyl (C=O) groups excluding carboxylic acids is 1. The minimum absolute atomic E-state index is 0.133. The fourth-order valence-electron chi connectivity index (χ4n) is 2.58. The van der Waals surface area contributed by atoms with Gasteiger partial charge >= 0.3 is 0 Å². The Bertz CT molecular complexity index is 834. The molecule has 0 bridgehead atoms. The number of thiophene rings is 1. The molecule has 0 saturated heterocycles. The number of hydrogen-bond donors (Lipinski definition) is 1. The van der Waals surface area contributed by atoms with Gasteiger partial charge in [-0.3, -0.25) is 4.79 Å². The highest BCUT2D eigenvalue weighted by Gasteiger charge is 2.10. The molecular formula is C19H19NO3S. The van der Waals surface area contributed by atoms with Crippen LogP contribution in [-0.4, -0.2) is 26.7 Å². The lowest BCUT2D eigenvalue weighted by Gasteiger charge is -2.09. The van der Waals surface area contributed by atoms with Gasteiger partial charge in [0, 0.05) is 22.9 Å². The van der Waals surface area contributed by atoms with E-state index in [1.165, 1.54) is 15.6 Å². The molecule has 1 aromatic heterocycles. The Kier molecular flexibility index (Phi) is 5.01. The van der Waals surface area contributed by atoms with E-state index in [0.717, 1.165) is 6.42 Å². The van der Waals surface area contributed by atoms with Gasteiger partial charge in [0.1, 0.15) is 11.5 Å². The number of carbonyl (C=O) groups is 1. The van der Waals surface area contributed by atoms with Crippen molar-refractivity contribution < 1.29 is 14.3 Å². The van der Waals surface area contributed by atoms with E-state index in [-0.39, 0.29) is 5.91 Å². The van der Waals surface area contributed by atoms with Crippen LogP contribution in [-0.2, 0) is 6.42 Å². The van der Waals surface area contributed by atoms with Gasteiger partial charge in [-0.2, -0.15) is 0 Å². The first-order valence-electron chi connectivity index (χ1n) is 7.67. The molecule has 1 N–H and O–H groups in total. The van der Waals surface area contributed by atoms with Gasteiger partial charge in [0.25, 0.3) is 5.91 Å². The second kappa shape index (κ2) is 7.36. The molecule has 2 aromatic carbocycles. The van der Waals surface area contributed by atoms with Crippen molar-refractivity contribution >= 4 is 27.3 Å². The second-order valence-electron chi connectivity index (χ2n) is 5.36. The van der Waals surface area contributed by atoms with E-state index in [0.29, 0.717) is 23.6 Å². The summed E-state index contributed by atoms with van der Waals surface area (Å²) < 4.78 is 11.7. The second-order valence-corrected chi connectivity index (χ2v) is 6.28. The van der Waals surface area contributed by atoms with Gasteiger partial charge in [0.15, 0.2) is 0 Å². The number of hydrogen-bond acceptors (Lipinski definition) is 4. The van der Waals surface area contributed by atoms with Crippen molar-refractivity contribution in [2.75, 3.05) is 20.8 Å². The van der Waals surface area contributed by atoms with Crippen LogP contribution < -0.4 is 14.8 Å². The fraction of sp³-hybridized carbons (Fsp3) is 0.211. The van der Waals surface area contributed by atoms with Crippen LogP contribution in [0.2, 0.25) is 0 Å². The lowest BCUT2D eigenvalue weighted by Crippen LogP contribution is -2.25. The number of benzene rings is 2. The maximum atomic E-state index is 12.4. The summed E-state index contributed by atoms with van der Waals surface area (Å²) in [5, 5.41) is 6.38. The maximum Gasteiger partial charge on any atom is 0.251 e. The molecule has 124 valence electrons. The van der Waals surface area contributed by atoms with E-state index < -0.39 is 0 Å². The molecule has 3 rings (SSSR count). The van der Waals surface area contributed by atoms with E-state index in [1.54, 1.807) is 43.8 Å². The zero-order valence-corrected chi connectivity index (χ0v) is 14.5.